The lowest BCUT2D eigenvalue weighted by atomic mass is 9.83. The highest BCUT2D eigenvalue weighted by Gasteiger charge is 2.21. The van der Waals surface area contributed by atoms with Crippen LogP contribution in [0.4, 0.5) is 0 Å². The van der Waals surface area contributed by atoms with E-state index in [2.05, 4.69) is 43.4 Å². The van der Waals surface area contributed by atoms with E-state index in [4.69, 9.17) is 0 Å². The zero-order chi connectivity index (χ0) is 14.9. The Kier molecular flexibility index (Phi) is 7.29. The topological polar surface area (TPSA) is 12.0 Å². The minimum atomic E-state index is 0.672. The fraction of sp³-hybridized carbons (Fsp3) is 0.700. The molecule has 1 aliphatic rings. The van der Waals surface area contributed by atoms with E-state index in [1.54, 1.807) is 0 Å². The van der Waals surface area contributed by atoms with Crippen LogP contribution < -0.4 is 5.32 Å². The summed E-state index contributed by atoms with van der Waals surface area (Å²) in [6.07, 6.45) is 12.5. The maximum Gasteiger partial charge on any atom is 0.0136 e. The highest BCUT2D eigenvalue weighted by Crippen LogP contribution is 2.26. The molecule has 1 saturated carbocycles. The standard InChI is InChI=1S/C20H33N/c1-3-15-21-20(16-18-13-11-17(2)12-14-18)19-9-7-5-4-6-8-10-19/h11-14,19-21H,3-10,15-16H2,1-2H3. The molecule has 0 saturated heterocycles. The number of hydrogen-bond acceptors (Lipinski definition) is 1. The molecule has 1 N–H and O–H groups in total. The van der Waals surface area contributed by atoms with E-state index in [-0.39, 0.29) is 0 Å². The molecule has 0 aliphatic heterocycles. The molecule has 1 aromatic carbocycles. The molecule has 2 rings (SSSR count). The van der Waals surface area contributed by atoms with Crippen molar-refractivity contribution in [3.05, 3.63) is 35.4 Å². The molecule has 0 heterocycles. The highest BCUT2D eigenvalue weighted by molar-refractivity contribution is 5.22. The van der Waals surface area contributed by atoms with E-state index in [1.165, 1.54) is 68.9 Å². The Bertz CT molecular complexity index is 373. The Hall–Kier alpha value is -0.820. The molecule has 0 radical (unpaired) electrons. The summed E-state index contributed by atoms with van der Waals surface area (Å²) in [6, 6.07) is 9.82. The lowest BCUT2D eigenvalue weighted by molar-refractivity contribution is 0.283. The first-order chi connectivity index (χ1) is 10.3. The van der Waals surface area contributed by atoms with Crippen molar-refractivity contribution in [2.45, 2.75) is 77.7 Å². The molecule has 1 fully saturated rings. The minimum absolute atomic E-state index is 0.672. The van der Waals surface area contributed by atoms with Crippen LogP contribution in [0.5, 0.6) is 0 Å². The fourth-order valence-corrected chi connectivity index (χ4v) is 3.60. The number of aryl methyl sites for hydroxylation is 1. The second-order valence-electron chi connectivity index (χ2n) is 6.86. The molecule has 118 valence electrons. The lowest BCUT2D eigenvalue weighted by Crippen LogP contribution is -2.39. The molecule has 21 heavy (non-hydrogen) atoms. The highest BCUT2D eigenvalue weighted by atomic mass is 14.9. The van der Waals surface area contributed by atoms with Gasteiger partial charge in [-0.25, -0.2) is 0 Å². The van der Waals surface area contributed by atoms with E-state index < -0.39 is 0 Å². The molecule has 1 atom stereocenters. The predicted molar refractivity (Wildman–Crippen MR) is 92.8 cm³/mol. The Morgan fingerprint density at radius 2 is 1.62 bits per heavy atom. The summed E-state index contributed by atoms with van der Waals surface area (Å²) in [5, 5.41) is 3.85. The molecule has 1 heteroatoms. The van der Waals surface area contributed by atoms with Crippen LogP contribution in [-0.2, 0) is 6.42 Å². The Morgan fingerprint density at radius 3 is 2.24 bits per heavy atom. The zero-order valence-electron chi connectivity index (χ0n) is 14.0. The Labute approximate surface area is 131 Å². The van der Waals surface area contributed by atoms with Gasteiger partial charge < -0.3 is 5.32 Å². The maximum absolute atomic E-state index is 3.85. The van der Waals surface area contributed by atoms with Gasteiger partial charge in [-0.05, 0) is 50.6 Å². The maximum atomic E-state index is 3.85. The minimum Gasteiger partial charge on any atom is -0.313 e. The van der Waals surface area contributed by atoms with Crippen molar-refractivity contribution in [2.24, 2.45) is 5.92 Å². The molecule has 1 aliphatic carbocycles. The monoisotopic (exact) mass is 287 g/mol. The summed E-state index contributed by atoms with van der Waals surface area (Å²) in [5.41, 5.74) is 2.86. The van der Waals surface area contributed by atoms with Crippen LogP contribution >= 0.6 is 0 Å². The van der Waals surface area contributed by atoms with Crippen molar-refractivity contribution in [1.82, 2.24) is 5.32 Å². The molecular formula is C20H33N. The predicted octanol–water partition coefficient (Wildman–Crippen LogP) is 5.27. The van der Waals surface area contributed by atoms with Crippen molar-refractivity contribution >= 4 is 0 Å². The molecule has 0 aromatic heterocycles. The van der Waals surface area contributed by atoms with Crippen LogP contribution in [0, 0.1) is 12.8 Å². The van der Waals surface area contributed by atoms with E-state index in [0.29, 0.717) is 6.04 Å². The smallest absolute Gasteiger partial charge is 0.0136 e. The summed E-state index contributed by atoms with van der Waals surface area (Å²) in [4.78, 5) is 0. The van der Waals surface area contributed by atoms with Gasteiger partial charge >= 0.3 is 0 Å². The second-order valence-corrected chi connectivity index (χ2v) is 6.86. The quantitative estimate of drug-likeness (QED) is 0.752. The largest absolute Gasteiger partial charge is 0.313 e. The van der Waals surface area contributed by atoms with Crippen molar-refractivity contribution in [2.75, 3.05) is 6.54 Å². The lowest BCUT2D eigenvalue weighted by Gasteiger charge is -2.30. The first-order valence-corrected chi connectivity index (χ1v) is 9.08. The molecule has 1 aromatic rings. The van der Waals surface area contributed by atoms with Crippen molar-refractivity contribution in [3.8, 4) is 0 Å². The van der Waals surface area contributed by atoms with Gasteiger partial charge in [-0.2, -0.15) is 0 Å². The van der Waals surface area contributed by atoms with Crippen LogP contribution in [0.3, 0.4) is 0 Å². The average Bonchev–Trinajstić information content (AvgIpc) is 2.46. The first-order valence-electron chi connectivity index (χ1n) is 9.08. The molecule has 1 unspecified atom stereocenters. The van der Waals surface area contributed by atoms with Gasteiger partial charge in [0.05, 0.1) is 0 Å². The molecule has 0 spiro atoms. The van der Waals surface area contributed by atoms with Gasteiger partial charge in [0.15, 0.2) is 0 Å². The van der Waals surface area contributed by atoms with E-state index in [0.717, 1.165) is 12.5 Å². The SMILES string of the molecule is CCCNC(Cc1ccc(C)cc1)C1CCCCCCC1. The number of rotatable bonds is 6. The third-order valence-electron chi connectivity index (χ3n) is 4.95. The van der Waals surface area contributed by atoms with Gasteiger partial charge in [0.2, 0.25) is 0 Å². The zero-order valence-corrected chi connectivity index (χ0v) is 14.0. The summed E-state index contributed by atoms with van der Waals surface area (Å²) in [6.45, 7) is 5.60. The molecule has 1 nitrogen and oxygen atoms in total. The van der Waals surface area contributed by atoms with Crippen molar-refractivity contribution in [1.29, 1.82) is 0 Å². The van der Waals surface area contributed by atoms with E-state index >= 15 is 0 Å². The molecular weight excluding hydrogens is 254 g/mol. The van der Waals surface area contributed by atoms with Crippen molar-refractivity contribution < 1.29 is 0 Å². The number of hydrogen-bond donors (Lipinski definition) is 1. The van der Waals surface area contributed by atoms with Gasteiger partial charge in [0.25, 0.3) is 0 Å². The van der Waals surface area contributed by atoms with E-state index in [1.807, 2.05) is 0 Å². The summed E-state index contributed by atoms with van der Waals surface area (Å²) in [7, 11) is 0. The first kappa shape index (κ1) is 16.5. The van der Waals surface area contributed by atoms with Crippen LogP contribution in [0.15, 0.2) is 24.3 Å². The fourth-order valence-electron chi connectivity index (χ4n) is 3.60. The van der Waals surface area contributed by atoms with Crippen LogP contribution in [0.1, 0.15) is 69.4 Å². The molecule has 0 amide bonds. The molecule has 0 bridgehead atoms. The van der Waals surface area contributed by atoms with Gasteiger partial charge in [0.1, 0.15) is 0 Å². The van der Waals surface area contributed by atoms with Gasteiger partial charge in [-0.1, -0.05) is 68.9 Å². The van der Waals surface area contributed by atoms with Crippen LogP contribution in [0.25, 0.3) is 0 Å². The van der Waals surface area contributed by atoms with Gasteiger partial charge in [-0.15, -0.1) is 0 Å². The average molecular weight is 287 g/mol. The Balaban J connectivity index is 1.99. The third-order valence-corrected chi connectivity index (χ3v) is 4.95. The third kappa shape index (κ3) is 5.82. The van der Waals surface area contributed by atoms with Crippen LogP contribution in [0.2, 0.25) is 0 Å². The summed E-state index contributed by atoms with van der Waals surface area (Å²) >= 11 is 0. The van der Waals surface area contributed by atoms with E-state index in [9.17, 15) is 0 Å². The summed E-state index contributed by atoms with van der Waals surface area (Å²) in [5.74, 6) is 0.873. The summed E-state index contributed by atoms with van der Waals surface area (Å²) < 4.78 is 0. The van der Waals surface area contributed by atoms with Crippen LogP contribution in [-0.4, -0.2) is 12.6 Å². The number of nitrogens with one attached hydrogen (secondary N) is 1. The number of benzene rings is 1. The van der Waals surface area contributed by atoms with Gasteiger partial charge in [-0.3, -0.25) is 0 Å². The normalized spacial score (nSPS) is 19.0. The second kappa shape index (κ2) is 9.25. The Morgan fingerprint density at radius 1 is 1.00 bits per heavy atom. The van der Waals surface area contributed by atoms with Gasteiger partial charge in [0, 0.05) is 6.04 Å². The van der Waals surface area contributed by atoms with Crippen molar-refractivity contribution in [3.63, 3.8) is 0 Å².